The number of carbonyl (C=O) groups is 3. The van der Waals surface area contributed by atoms with Crippen LogP contribution >= 0.6 is 0 Å². The minimum Gasteiger partial charge on any atom is -0.494 e. The van der Waals surface area contributed by atoms with Crippen LogP contribution < -0.4 is 10.1 Å². The van der Waals surface area contributed by atoms with Gasteiger partial charge in [0.05, 0.1) is 13.0 Å². The van der Waals surface area contributed by atoms with Gasteiger partial charge in [-0.1, -0.05) is 18.2 Å². The zero-order valence-electron chi connectivity index (χ0n) is 14.6. The van der Waals surface area contributed by atoms with Gasteiger partial charge in [-0.2, -0.15) is 0 Å². The Labute approximate surface area is 152 Å². The van der Waals surface area contributed by atoms with Crippen molar-refractivity contribution >= 4 is 23.3 Å². The standard InChI is InChI=1S/C20H21NO5/c1-2-25-17-10-8-15(9-11-17)18(22)12-13-20(24)26-14-19(23)21-16-6-4-3-5-7-16/h3-11H,2,12-14H2,1H3,(H,21,23). The van der Waals surface area contributed by atoms with Gasteiger partial charge in [0.25, 0.3) is 5.91 Å². The van der Waals surface area contributed by atoms with Crippen LogP contribution in [0.2, 0.25) is 0 Å². The average molecular weight is 355 g/mol. The summed E-state index contributed by atoms with van der Waals surface area (Å²) in [5.74, 6) is -0.499. The summed E-state index contributed by atoms with van der Waals surface area (Å²) in [7, 11) is 0. The van der Waals surface area contributed by atoms with Gasteiger partial charge in [0.1, 0.15) is 5.75 Å². The van der Waals surface area contributed by atoms with Crippen LogP contribution in [-0.2, 0) is 14.3 Å². The molecule has 0 saturated carbocycles. The number of carbonyl (C=O) groups excluding carboxylic acids is 3. The third kappa shape index (κ3) is 6.39. The Morgan fingerprint density at radius 1 is 0.923 bits per heavy atom. The lowest BCUT2D eigenvalue weighted by Gasteiger charge is -2.07. The molecule has 0 bridgehead atoms. The van der Waals surface area contributed by atoms with Crippen LogP contribution in [0.1, 0.15) is 30.1 Å². The van der Waals surface area contributed by atoms with E-state index in [2.05, 4.69) is 5.32 Å². The van der Waals surface area contributed by atoms with Gasteiger partial charge in [-0.05, 0) is 43.3 Å². The molecular weight excluding hydrogens is 334 g/mol. The molecule has 6 heteroatoms. The summed E-state index contributed by atoms with van der Waals surface area (Å²) in [6.45, 7) is 2.05. The molecule has 0 atom stereocenters. The lowest BCUT2D eigenvalue weighted by atomic mass is 10.1. The second kappa shape index (κ2) is 9.98. The van der Waals surface area contributed by atoms with Gasteiger partial charge in [-0.15, -0.1) is 0 Å². The summed E-state index contributed by atoms with van der Waals surface area (Å²) < 4.78 is 10.2. The Kier molecular flexibility index (Phi) is 7.36. The number of amides is 1. The van der Waals surface area contributed by atoms with Crippen LogP contribution in [-0.4, -0.2) is 30.9 Å². The number of ether oxygens (including phenoxy) is 2. The minimum atomic E-state index is -0.590. The van der Waals surface area contributed by atoms with Crippen molar-refractivity contribution in [1.82, 2.24) is 0 Å². The largest absolute Gasteiger partial charge is 0.494 e. The second-order valence-corrected chi connectivity index (χ2v) is 5.46. The van der Waals surface area contributed by atoms with Crippen LogP contribution in [0.5, 0.6) is 5.75 Å². The molecule has 0 aliphatic carbocycles. The van der Waals surface area contributed by atoms with Crippen molar-refractivity contribution in [2.75, 3.05) is 18.5 Å². The summed E-state index contributed by atoms with van der Waals surface area (Å²) in [6, 6.07) is 15.6. The van der Waals surface area contributed by atoms with Gasteiger partial charge in [-0.25, -0.2) is 0 Å². The Hall–Kier alpha value is -3.15. The van der Waals surface area contributed by atoms with E-state index in [-0.39, 0.29) is 25.2 Å². The minimum absolute atomic E-state index is 0.0210. The number of hydrogen-bond acceptors (Lipinski definition) is 5. The fraction of sp³-hybridized carbons (Fsp3) is 0.250. The van der Waals surface area contributed by atoms with E-state index < -0.39 is 11.9 Å². The van der Waals surface area contributed by atoms with E-state index in [9.17, 15) is 14.4 Å². The number of esters is 1. The van der Waals surface area contributed by atoms with Crippen LogP contribution in [0.3, 0.4) is 0 Å². The molecule has 2 rings (SSSR count). The van der Waals surface area contributed by atoms with Gasteiger partial charge in [-0.3, -0.25) is 14.4 Å². The zero-order valence-corrected chi connectivity index (χ0v) is 14.6. The number of Topliss-reactive ketones (excluding diaryl/α,β-unsaturated/α-hetero) is 1. The molecular formula is C20H21NO5. The zero-order chi connectivity index (χ0) is 18.8. The molecule has 0 saturated heterocycles. The van der Waals surface area contributed by atoms with Crippen molar-refractivity contribution in [2.24, 2.45) is 0 Å². The Bertz CT molecular complexity index is 741. The fourth-order valence-corrected chi connectivity index (χ4v) is 2.20. The SMILES string of the molecule is CCOc1ccc(C(=O)CCC(=O)OCC(=O)Nc2ccccc2)cc1. The monoisotopic (exact) mass is 355 g/mol. The van der Waals surface area contributed by atoms with Crippen LogP contribution in [0.25, 0.3) is 0 Å². The van der Waals surface area contributed by atoms with Crippen molar-refractivity contribution in [2.45, 2.75) is 19.8 Å². The molecule has 0 unspecified atom stereocenters. The Morgan fingerprint density at radius 3 is 2.27 bits per heavy atom. The van der Waals surface area contributed by atoms with Crippen molar-refractivity contribution in [3.63, 3.8) is 0 Å². The molecule has 1 amide bonds. The predicted octanol–water partition coefficient (Wildman–Crippen LogP) is 3.23. The molecule has 0 aliphatic rings. The van der Waals surface area contributed by atoms with E-state index in [0.717, 1.165) is 0 Å². The maximum Gasteiger partial charge on any atom is 0.306 e. The number of hydrogen-bond donors (Lipinski definition) is 1. The molecule has 0 spiro atoms. The highest BCUT2D eigenvalue weighted by molar-refractivity contribution is 5.98. The molecule has 2 aromatic rings. The van der Waals surface area contributed by atoms with E-state index in [1.54, 1.807) is 48.5 Å². The summed E-state index contributed by atoms with van der Waals surface area (Å²) in [5.41, 5.74) is 1.13. The highest BCUT2D eigenvalue weighted by Gasteiger charge is 2.12. The number of anilines is 1. The first-order chi connectivity index (χ1) is 12.6. The number of ketones is 1. The first-order valence-electron chi connectivity index (χ1n) is 8.35. The lowest BCUT2D eigenvalue weighted by Crippen LogP contribution is -2.21. The summed E-state index contributed by atoms with van der Waals surface area (Å²) in [5, 5.41) is 2.61. The van der Waals surface area contributed by atoms with Crippen LogP contribution in [0, 0.1) is 0 Å². The first-order valence-corrected chi connectivity index (χ1v) is 8.35. The molecule has 2 aromatic carbocycles. The van der Waals surface area contributed by atoms with E-state index in [0.29, 0.717) is 23.6 Å². The van der Waals surface area contributed by atoms with Gasteiger partial charge < -0.3 is 14.8 Å². The van der Waals surface area contributed by atoms with E-state index in [1.165, 1.54) is 0 Å². The van der Waals surface area contributed by atoms with Crippen molar-refractivity contribution in [1.29, 1.82) is 0 Å². The lowest BCUT2D eigenvalue weighted by molar-refractivity contribution is -0.147. The summed E-state index contributed by atoms with van der Waals surface area (Å²) in [4.78, 5) is 35.5. The van der Waals surface area contributed by atoms with Gasteiger partial charge in [0, 0.05) is 17.7 Å². The second-order valence-electron chi connectivity index (χ2n) is 5.46. The number of nitrogens with one attached hydrogen (secondary N) is 1. The van der Waals surface area contributed by atoms with Gasteiger partial charge in [0.15, 0.2) is 12.4 Å². The predicted molar refractivity (Wildman–Crippen MR) is 97.2 cm³/mol. The normalized spacial score (nSPS) is 10.0. The number of para-hydroxylation sites is 1. The quantitative estimate of drug-likeness (QED) is 0.552. The molecule has 136 valence electrons. The van der Waals surface area contributed by atoms with Gasteiger partial charge in [0.2, 0.25) is 0 Å². The number of rotatable bonds is 9. The highest BCUT2D eigenvalue weighted by Crippen LogP contribution is 2.14. The Balaban J connectivity index is 1.70. The first kappa shape index (κ1) is 19.2. The third-order valence-electron chi connectivity index (χ3n) is 3.47. The van der Waals surface area contributed by atoms with E-state index in [1.807, 2.05) is 13.0 Å². The van der Waals surface area contributed by atoms with Crippen molar-refractivity contribution in [3.8, 4) is 5.75 Å². The molecule has 0 aliphatic heterocycles. The van der Waals surface area contributed by atoms with Crippen molar-refractivity contribution < 1.29 is 23.9 Å². The summed E-state index contributed by atoms with van der Waals surface area (Å²) >= 11 is 0. The fourth-order valence-electron chi connectivity index (χ4n) is 2.20. The Morgan fingerprint density at radius 2 is 1.62 bits per heavy atom. The van der Waals surface area contributed by atoms with Crippen molar-refractivity contribution in [3.05, 3.63) is 60.2 Å². The highest BCUT2D eigenvalue weighted by atomic mass is 16.5. The van der Waals surface area contributed by atoms with E-state index >= 15 is 0 Å². The number of benzene rings is 2. The average Bonchev–Trinajstić information content (AvgIpc) is 2.66. The van der Waals surface area contributed by atoms with Crippen LogP contribution in [0.15, 0.2) is 54.6 Å². The maximum atomic E-state index is 12.1. The molecule has 1 N–H and O–H groups in total. The third-order valence-corrected chi connectivity index (χ3v) is 3.47. The van der Waals surface area contributed by atoms with Crippen LogP contribution in [0.4, 0.5) is 5.69 Å². The molecule has 0 radical (unpaired) electrons. The summed E-state index contributed by atoms with van der Waals surface area (Å²) in [6.07, 6.45) is -0.0578. The molecule has 0 aromatic heterocycles. The maximum absolute atomic E-state index is 12.1. The molecule has 0 fully saturated rings. The van der Waals surface area contributed by atoms with E-state index in [4.69, 9.17) is 9.47 Å². The molecule has 6 nitrogen and oxygen atoms in total. The smallest absolute Gasteiger partial charge is 0.306 e. The van der Waals surface area contributed by atoms with Gasteiger partial charge >= 0.3 is 5.97 Å². The molecule has 26 heavy (non-hydrogen) atoms. The molecule has 0 heterocycles. The topological polar surface area (TPSA) is 81.7 Å².